The highest BCUT2D eigenvalue weighted by Crippen LogP contribution is 2.36. The number of ether oxygens (including phenoxy) is 1. The minimum absolute atomic E-state index is 0.00729. The fourth-order valence-electron chi connectivity index (χ4n) is 1.59. The molecular weight excluding hydrogens is 249 g/mol. The number of benzene rings is 1. The van der Waals surface area contributed by atoms with Crippen molar-refractivity contribution in [1.29, 1.82) is 0 Å². The van der Waals surface area contributed by atoms with Crippen LogP contribution in [0.3, 0.4) is 0 Å². The zero-order valence-corrected chi connectivity index (χ0v) is 9.38. The van der Waals surface area contributed by atoms with Gasteiger partial charge < -0.3 is 9.15 Å². The Labute approximate surface area is 100 Å². The van der Waals surface area contributed by atoms with Gasteiger partial charge in [-0.3, -0.25) is 0 Å². The molecule has 96 valence electrons. The lowest BCUT2D eigenvalue weighted by Crippen LogP contribution is -2.05. The van der Waals surface area contributed by atoms with E-state index < -0.39 is 17.7 Å². The molecule has 0 fully saturated rings. The molecule has 1 aromatic heterocycles. The minimum Gasteiger partial charge on any atom is -0.464 e. The molecule has 0 aliphatic rings. The van der Waals surface area contributed by atoms with Crippen LogP contribution in [0.4, 0.5) is 13.2 Å². The lowest BCUT2D eigenvalue weighted by Gasteiger charge is -2.03. The minimum atomic E-state index is -4.48. The predicted molar refractivity (Wildman–Crippen MR) is 57.2 cm³/mol. The Hall–Kier alpha value is -1.98. The van der Waals surface area contributed by atoms with Crippen LogP contribution in [-0.2, 0) is 10.9 Å². The third kappa shape index (κ3) is 2.18. The van der Waals surface area contributed by atoms with Crippen LogP contribution in [0.15, 0.2) is 28.9 Å². The summed E-state index contributed by atoms with van der Waals surface area (Å²) in [7, 11) is 0. The summed E-state index contributed by atoms with van der Waals surface area (Å²) in [6.07, 6.45) is -3.84. The monoisotopic (exact) mass is 258 g/mol. The molecule has 0 bridgehead atoms. The summed E-state index contributed by atoms with van der Waals surface area (Å²) in [5.74, 6) is -0.593. The highest BCUT2D eigenvalue weighted by atomic mass is 19.4. The van der Waals surface area contributed by atoms with E-state index in [1.165, 1.54) is 18.2 Å². The van der Waals surface area contributed by atoms with Gasteiger partial charge in [-0.15, -0.1) is 0 Å². The van der Waals surface area contributed by atoms with E-state index in [0.717, 1.165) is 0 Å². The molecule has 2 aromatic rings. The fraction of sp³-hybridized carbons (Fsp3) is 0.250. The highest BCUT2D eigenvalue weighted by molar-refractivity contribution is 5.94. The van der Waals surface area contributed by atoms with E-state index in [-0.39, 0.29) is 23.1 Å². The molecule has 0 radical (unpaired) electrons. The zero-order chi connectivity index (χ0) is 13.3. The summed E-state index contributed by atoms with van der Waals surface area (Å²) in [6, 6.07) is 3.72. The Morgan fingerprint density at radius 2 is 2.11 bits per heavy atom. The quantitative estimate of drug-likeness (QED) is 0.772. The van der Waals surface area contributed by atoms with Gasteiger partial charge in [-0.1, -0.05) is 0 Å². The molecule has 0 aliphatic heterocycles. The second-order valence-electron chi connectivity index (χ2n) is 3.58. The van der Waals surface area contributed by atoms with E-state index in [1.807, 2.05) is 0 Å². The largest absolute Gasteiger partial charge is 0.464 e. The standard InChI is InChI=1S/C12H9F3O3/c1-2-17-11(16)7-3-4-8-9(12(13,14)15)6-18-10(8)5-7/h3-6H,2H2,1H3. The molecule has 3 nitrogen and oxygen atoms in total. The fourth-order valence-corrected chi connectivity index (χ4v) is 1.59. The van der Waals surface area contributed by atoms with E-state index in [0.29, 0.717) is 6.26 Å². The molecule has 0 aliphatic carbocycles. The van der Waals surface area contributed by atoms with Gasteiger partial charge >= 0.3 is 12.1 Å². The van der Waals surface area contributed by atoms with Crippen LogP contribution in [0, 0.1) is 0 Å². The van der Waals surface area contributed by atoms with Crippen LogP contribution in [0.1, 0.15) is 22.8 Å². The van der Waals surface area contributed by atoms with Crippen molar-refractivity contribution in [1.82, 2.24) is 0 Å². The van der Waals surface area contributed by atoms with Crippen molar-refractivity contribution in [2.45, 2.75) is 13.1 Å². The summed E-state index contributed by atoms with van der Waals surface area (Å²) < 4.78 is 47.3. The highest BCUT2D eigenvalue weighted by Gasteiger charge is 2.34. The zero-order valence-electron chi connectivity index (χ0n) is 9.38. The molecule has 0 spiro atoms. The molecule has 2 rings (SSSR count). The Balaban J connectivity index is 2.46. The summed E-state index contributed by atoms with van der Waals surface area (Å²) in [5, 5.41) is -0.0736. The number of carbonyl (C=O) groups excluding carboxylic acids is 1. The third-order valence-electron chi connectivity index (χ3n) is 2.39. The maximum Gasteiger partial charge on any atom is 0.420 e. The van der Waals surface area contributed by atoms with E-state index >= 15 is 0 Å². The van der Waals surface area contributed by atoms with Gasteiger partial charge in [-0.05, 0) is 25.1 Å². The summed E-state index contributed by atoms with van der Waals surface area (Å²) in [5.41, 5.74) is -0.687. The maximum atomic E-state index is 12.6. The molecule has 1 heterocycles. The number of furan rings is 1. The molecule has 0 amide bonds. The van der Waals surface area contributed by atoms with Crippen molar-refractivity contribution >= 4 is 16.9 Å². The average Bonchev–Trinajstić information content (AvgIpc) is 2.71. The Kier molecular flexibility index (Phi) is 3.02. The number of hydrogen-bond acceptors (Lipinski definition) is 3. The van der Waals surface area contributed by atoms with Crippen LogP contribution in [0.2, 0.25) is 0 Å². The Morgan fingerprint density at radius 3 is 2.72 bits per heavy atom. The molecule has 0 atom stereocenters. The van der Waals surface area contributed by atoms with Gasteiger partial charge in [0.1, 0.15) is 17.4 Å². The van der Waals surface area contributed by atoms with Gasteiger partial charge in [-0.25, -0.2) is 4.79 Å². The molecule has 6 heteroatoms. The normalized spacial score (nSPS) is 11.8. The van der Waals surface area contributed by atoms with E-state index in [4.69, 9.17) is 9.15 Å². The Bertz CT molecular complexity index is 584. The van der Waals surface area contributed by atoms with Gasteiger partial charge in [0, 0.05) is 5.39 Å². The van der Waals surface area contributed by atoms with Crippen molar-refractivity contribution in [3.8, 4) is 0 Å². The van der Waals surface area contributed by atoms with Crippen LogP contribution < -0.4 is 0 Å². The molecule has 0 N–H and O–H groups in total. The lowest BCUT2D eigenvalue weighted by atomic mass is 10.1. The topological polar surface area (TPSA) is 39.4 Å². The second-order valence-corrected chi connectivity index (χ2v) is 3.58. The average molecular weight is 258 g/mol. The number of rotatable bonds is 2. The van der Waals surface area contributed by atoms with Crippen molar-refractivity contribution in [3.05, 3.63) is 35.6 Å². The number of alkyl halides is 3. The van der Waals surface area contributed by atoms with Gasteiger partial charge in [-0.2, -0.15) is 13.2 Å². The molecule has 0 saturated heterocycles. The first-order chi connectivity index (χ1) is 8.43. The number of halogens is 3. The van der Waals surface area contributed by atoms with Gasteiger partial charge in [0.15, 0.2) is 0 Å². The Morgan fingerprint density at radius 1 is 1.39 bits per heavy atom. The van der Waals surface area contributed by atoms with Crippen molar-refractivity contribution in [2.24, 2.45) is 0 Å². The number of esters is 1. The van der Waals surface area contributed by atoms with Gasteiger partial charge in [0.05, 0.1) is 12.2 Å². The predicted octanol–water partition coefficient (Wildman–Crippen LogP) is 3.63. The van der Waals surface area contributed by atoms with E-state index in [1.54, 1.807) is 6.92 Å². The lowest BCUT2D eigenvalue weighted by molar-refractivity contribution is -0.136. The number of fused-ring (bicyclic) bond motifs is 1. The number of hydrogen-bond donors (Lipinski definition) is 0. The van der Waals surface area contributed by atoms with Gasteiger partial charge in [0.2, 0.25) is 0 Å². The molecule has 1 aromatic carbocycles. The van der Waals surface area contributed by atoms with E-state index in [2.05, 4.69) is 0 Å². The van der Waals surface area contributed by atoms with Crippen molar-refractivity contribution < 1.29 is 27.1 Å². The molecule has 0 saturated carbocycles. The first-order valence-electron chi connectivity index (χ1n) is 5.19. The molecule has 0 unspecified atom stereocenters. The number of carbonyl (C=O) groups is 1. The van der Waals surface area contributed by atoms with Crippen molar-refractivity contribution in [2.75, 3.05) is 6.61 Å². The van der Waals surface area contributed by atoms with E-state index in [9.17, 15) is 18.0 Å². The van der Waals surface area contributed by atoms with Gasteiger partial charge in [0.25, 0.3) is 0 Å². The summed E-state index contributed by atoms with van der Waals surface area (Å²) in [4.78, 5) is 11.4. The van der Waals surface area contributed by atoms with Crippen molar-refractivity contribution in [3.63, 3.8) is 0 Å². The van der Waals surface area contributed by atoms with Crippen LogP contribution in [0.25, 0.3) is 11.0 Å². The van der Waals surface area contributed by atoms with Crippen LogP contribution >= 0.6 is 0 Å². The maximum absolute atomic E-state index is 12.6. The molecule has 18 heavy (non-hydrogen) atoms. The second kappa shape index (κ2) is 4.36. The third-order valence-corrected chi connectivity index (χ3v) is 2.39. The van der Waals surface area contributed by atoms with Crippen LogP contribution in [-0.4, -0.2) is 12.6 Å². The smallest absolute Gasteiger partial charge is 0.420 e. The summed E-state index contributed by atoms with van der Waals surface area (Å²) in [6.45, 7) is 1.84. The molecular formula is C12H9F3O3. The van der Waals surface area contributed by atoms with Crippen LogP contribution in [0.5, 0.6) is 0 Å². The first-order valence-corrected chi connectivity index (χ1v) is 5.19. The SMILES string of the molecule is CCOC(=O)c1ccc2c(C(F)(F)F)coc2c1. The first kappa shape index (κ1) is 12.5. The summed E-state index contributed by atoms with van der Waals surface area (Å²) >= 11 is 0.